The van der Waals surface area contributed by atoms with Gasteiger partial charge in [-0.3, -0.25) is 0 Å². The number of unbranched alkanes of at least 4 members (excludes halogenated alkanes) is 2. The average molecular weight is 1050 g/mol. The van der Waals surface area contributed by atoms with Crippen LogP contribution in [-0.4, -0.2) is 31.5 Å². The van der Waals surface area contributed by atoms with Crippen molar-refractivity contribution in [2.75, 3.05) is 22.9 Å². The SMILES string of the molecule is CCCCC(CC)CN(c1ccc2cc(-c3nc4cc(S(=O)(=O)c5ccc6oc(-c7cc8ccc(N(CC(CC)CCCC)c9ccc(C)cc9C)cc8oc7=O)nc6c5)ccc4o3)c(=O)oc2c1)c1ccc(C)cc1C. The molecular weight excluding hydrogens is 985 g/mol. The fourth-order valence-corrected chi connectivity index (χ4v) is 11.9. The monoisotopic (exact) mass is 1050 g/mol. The first-order valence-electron chi connectivity index (χ1n) is 27.1. The summed E-state index contributed by atoms with van der Waals surface area (Å²) in [5.74, 6) is 0.973. The highest BCUT2D eigenvalue weighted by molar-refractivity contribution is 7.91. The van der Waals surface area contributed by atoms with E-state index in [1.807, 2.05) is 36.4 Å². The van der Waals surface area contributed by atoms with Crippen LogP contribution < -0.4 is 21.1 Å². The molecule has 0 amide bonds. The smallest absolute Gasteiger partial charge is 0.349 e. The molecule has 13 heteroatoms. The summed E-state index contributed by atoms with van der Waals surface area (Å²) < 4.78 is 52.6. The molecule has 10 aromatic rings. The van der Waals surface area contributed by atoms with Gasteiger partial charge in [0.05, 0.1) is 9.79 Å². The van der Waals surface area contributed by atoms with E-state index in [1.54, 1.807) is 12.1 Å². The lowest BCUT2D eigenvalue weighted by Crippen LogP contribution is -2.25. The number of sulfone groups is 1. The molecule has 0 spiro atoms. The third-order valence-corrected chi connectivity index (χ3v) is 16.9. The molecule has 2 atom stereocenters. The number of anilines is 4. The minimum Gasteiger partial charge on any atom is -0.436 e. The van der Waals surface area contributed by atoms with Gasteiger partial charge in [-0.05, 0) is 148 Å². The molecule has 0 aliphatic heterocycles. The Morgan fingerprint density at radius 2 is 0.909 bits per heavy atom. The second-order valence-corrected chi connectivity index (χ2v) is 22.7. The van der Waals surface area contributed by atoms with Crippen LogP contribution in [0.1, 0.15) is 101 Å². The van der Waals surface area contributed by atoms with Gasteiger partial charge in [-0.2, -0.15) is 0 Å². The number of hydrogen-bond acceptors (Lipinski definition) is 12. The van der Waals surface area contributed by atoms with Crippen molar-refractivity contribution in [3.63, 3.8) is 0 Å². The Morgan fingerprint density at radius 3 is 1.30 bits per heavy atom. The largest absolute Gasteiger partial charge is 0.436 e. The predicted molar refractivity (Wildman–Crippen MR) is 309 cm³/mol. The van der Waals surface area contributed by atoms with Gasteiger partial charge in [0, 0.05) is 58.7 Å². The van der Waals surface area contributed by atoms with E-state index in [0.717, 1.165) is 87.2 Å². The summed E-state index contributed by atoms with van der Waals surface area (Å²) in [6.07, 6.45) is 8.96. The van der Waals surface area contributed by atoms with Gasteiger partial charge < -0.3 is 27.5 Å². The standard InChI is InChI=1S/C64H66N4O8S/c1-9-13-15-43(11-3)37-67(55-25-17-39(5)29-41(55)7)47-21-19-45-31-51(63(69)75-59(45)33-47)61-65-53-35-49(23-27-57(53)73-61)77(71,72)50-24-28-58-54(36-50)66-62(74-58)52-32-46-20-22-48(34-60(46)76-64(52)70)68(38-44(12-4)16-14-10-2)56-26-18-40(6)30-42(56)8/h17-36,43-44H,9-16,37-38H2,1-8H3. The summed E-state index contributed by atoms with van der Waals surface area (Å²) in [5, 5.41) is 1.37. The Balaban J connectivity index is 0.908. The first kappa shape index (κ1) is 52.7. The molecule has 0 aliphatic carbocycles. The number of hydrogen-bond donors (Lipinski definition) is 0. The third-order valence-electron chi connectivity index (χ3n) is 15.1. The van der Waals surface area contributed by atoms with Crippen molar-refractivity contribution in [3.8, 4) is 22.9 Å². The first-order chi connectivity index (χ1) is 37.1. The fourth-order valence-electron chi connectivity index (χ4n) is 10.6. The van der Waals surface area contributed by atoms with Gasteiger partial charge in [0.25, 0.3) is 0 Å². The lowest BCUT2D eigenvalue weighted by atomic mass is 9.97. The van der Waals surface area contributed by atoms with Crippen molar-refractivity contribution in [2.24, 2.45) is 11.8 Å². The molecule has 4 aromatic heterocycles. The Morgan fingerprint density at radius 1 is 0.481 bits per heavy atom. The number of nitrogens with zero attached hydrogens (tertiary/aromatic N) is 4. The summed E-state index contributed by atoms with van der Waals surface area (Å²) in [7, 11) is -4.14. The lowest BCUT2D eigenvalue weighted by molar-refractivity contribution is 0.458. The van der Waals surface area contributed by atoms with Crippen LogP contribution in [0.2, 0.25) is 0 Å². The first-order valence-corrected chi connectivity index (χ1v) is 28.5. The average Bonchev–Trinajstić information content (AvgIpc) is 4.09. The Bertz CT molecular complexity index is 3800. The van der Waals surface area contributed by atoms with E-state index in [2.05, 4.69) is 112 Å². The van der Waals surface area contributed by atoms with Gasteiger partial charge in [-0.15, -0.1) is 0 Å². The number of aryl methyl sites for hydroxylation is 4. The highest BCUT2D eigenvalue weighted by Gasteiger charge is 2.25. The van der Waals surface area contributed by atoms with Crippen molar-refractivity contribution < 1.29 is 26.1 Å². The second-order valence-electron chi connectivity index (χ2n) is 20.8. The molecule has 12 nitrogen and oxygen atoms in total. The molecular formula is C64H66N4O8S. The van der Waals surface area contributed by atoms with E-state index < -0.39 is 21.1 Å². The molecule has 0 aliphatic rings. The highest BCUT2D eigenvalue weighted by atomic mass is 32.2. The molecule has 77 heavy (non-hydrogen) atoms. The molecule has 10 rings (SSSR count). The van der Waals surface area contributed by atoms with Gasteiger partial charge in [-0.25, -0.2) is 28.0 Å². The summed E-state index contributed by atoms with van der Waals surface area (Å²) in [6, 6.07) is 36.9. The molecule has 0 fully saturated rings. The molecule has 0 saturated carbocycles. The molecule has 4 heterocycles. The number of benzene rings is 6. The predicted octanol–water partition coefficient (Wildman–Crippen LogP) is 16.3. The zero-order valence-corrected chi connectivity index (χ0v) is 46.1. The number of oxazole rings is 2. The Labute approximate surface area is 449 Å². The number of aromatic nitrogens is 2. The molecule has 2 unspecified atom stereocenters. The molecule has 396 valence electrons. The summed E-state index contributed by atoms with van der Waals surface area (Å²) in [6.45, 7) is 19.0. The topological polar surface area (TPSA) is 153 Å². The maximum atomic E-state index is 14.3. The van der Waals surface area contributed by atoms with Crippen molar-refractivity contribution >= 4 is 76.7 Å². The van der Waals surface area contributed by atoms with Gasteiger partial charge in [0.15, 0.2) is 11.2 Å². The molecule has 0 radical (unpaired) electrons. The van der Waals surface area contributed by atoms with Crippen LogP contribution in [0.15, 0.2) is 158 Å². The van der Waals surface area contributed by atoms with Gasteiger partial charge in [-0.1, -0.05) is 102 Å². The Hall–Kier alpha value is -7.77. The van der Waals surface area contributed by atoms with Crippen LogP contribution in [0.25, 0.3) is 67.0 Å². The van der Waals surface area contributed by atoms with Crippen LogP contribution >= 0.6 is 0 Å². The van der Waals surface area contributed by atoms with Crippen LogP contribution in [-0.2, 0) is 9.84 Å². The van der Waals surface area contributed by atoms with Gasteiger partial charge in [0.1, 0.15) is 33.3 Å². The van der Waals surface area contributed by atoms with E-state index in [0.29, 0.717) is 44.9 Å². The number of fused-ring (bicyclic) bond motifs is 4. The van der Waals surface area contributed by atoms with Gasteiger partial charge >= 0.3 is 11.3 Å². The zero-order valence-electron chi connectivity index (χ0n) is 45.2. The van der Waals surface area contributed by atoms with E-state index in [1.165, 1.54) is 58.7 Å². The number of rotatable bonds is 20. The van der Waals surface area contributed by atoms with Crippen molar-refractivity contribution in [2.45, 2.75) is 117 Å². The molecule has 0 saturated heterocycles. The van der Waals surface area contributed by atoms with Crippen molar-refractivity contribution in [3.05, 3.63) is 164 Å². The van der Waals surface area contributed by atoms with Crippen LogP contribution in [0.5, 0.6) is 0 Å². The molecule has 6 aromatic carbocycles. The van der Waals surface area contributed by atoms with Gasteiger partial charge in [0.2, 0.25) is 21.6 Å². The fraction of sp³-hybridized carbons (Fsp3) is 0.312. The third kappa shape index (κ3) is 10.8. The summed E-state index contributed by atoms with van der Waals surface area (Å²) in [5.41, 5.74) is 9.67. The second kappa shape index (κ2) is 22.1. The zero-order chi connectivity index (χ0) is 54.1. The minimum atomic E-state index is -4.14. The van der Waals surface area contributed by atoms with E-state index in [9.17, 15) is 18.0 Å². The van der Waals surface area contributed by atoms with Crippen molar-refractivity contribution in [1.82, 2.24) is 9.97 Å². The van der Waals surface area contributed by atoms with E-state index in [4.69, 9.17) is 17.7 Å². The van der Waals surface area contributed by atoms with E-state index in [-0.39, 0.29) is 43.7 Å². The van der Waals surface area contributed by atoms with Crippen LogP contribution in [0.3, 0.4) is 0 Å². The maximum Gasteiger partial charge on any atom is 0.349 e. The molecule has 0 N–H and O–H groups in total. The van der Waals surface area contributed by atoms with Crippen molar-refractivity contribution in [1.29, 1.82) is 0 Å². The quantitative estimate of drug-likeness (QED) is 0.0668. The minimum absolute atomic E-state index is 0.00488. The van der Waals surface area contributed by atoms with Crippen LogP contribution in [0.4, 0.5) is 22.7 Å². The van der Waals surface area contributed by atoms with Crippen LogP contribution in [0, 0.1) is 39.5 Å². The molecule has 0 bridgehead atoms. The Kier molecular flexibility index (Phi) is 15.1. The summed E-state index contributed by atoms with van der Waals surface area (Å²) >= 11 is 0. The normalized spacial score (nSPS) is 12.8. The lowest BCUT2D eigenvalue weighted by Gasteiger charge is -2.31. The van der Waals surface area contributed by atoms with E-state index >= 15 is 0 Å². The summed E-state index contributed by atoms with van der Waals surface area (Å²) in [4.78, 5) is 41.2. The highest BCUT2D eigenvalue weighted by Crippen LogP contribution is 2.38. The maximum absolute atomic E-state index is 14.3.